The summed E-state index contributed by atoms with van der Waals surface area (Å²) in [6, 6.07) is 4.05. The van der Waals surface area contributed by atoms with Gasteiger partial charge in [-0.2, -0.15) is 0 Å². The van der Waals surface area contributed by atoms with Gasteiger partial charge in [0.1, 0.15) is 5.82 Å². The highest BCUT2D eigenvalue weighted by atomic mass is 32.1. The van der Waals surface area contributed by atoms with Crippen LogP contribution in [0.25, 0.3) is 0 Å². The van der Waals surface area contributed by atoms with Crippen LogP contribution in [-0.4, -0.2) is 27.8 Å². The van der Waals surface area contributed by atoms with Crippen molar-refractivity contribution in [2.24, 2.45) is 0 Å². The van der Waals surface area contributed by atoms with Crippen molar-refractivity contribution in [2.75, 3.05) is 7.05 Å². The van der Waals surface area contributed by atoms with Crippen LogP contribution < -0.4 is 5.56 Å². The molecule has 2 aromatic rings. The molecule has 1 atom stereocenters. The number of nitrogens with zero attached hydrogens (tertiary/aromatic N) is 2. The molecule has 2 heterocycles. The topological polar surface area (TPSA) is 66.1 Å². The first-order valence-corrected chi connectivity index (χ1v) is 8.13. The van der Waals surface area contributed by atoms with Crippen molar-refractivity contribution in [3.8, 4) is 0 Å². The highest BCUT2D eigenvalue weighted by Gasteiger charge is 2.19. The third-order valence-electron chi connectivity index (χ3n) is 3.86. The lowest BCUT2D eigenvalue weighted by atomic mass is 10.1. The Kier molecular flexibility index (Phi) is 5.13. The van der Waals surface area contributed by atoms with Crippen molar-refractivity contribution in [1.29, 1.82) is 0 Å². The van der Waals surface area contributed by atoms with E-state index in [1.54, 1.807) is 37.1 Å². The molecule has 0 aromatic carbocycles. The molecule has 0 aliphatic carbocycles. The first-order chi connectivity index (χ1) is 10.4. The maximum Gasteiger partial charge on any atom is 0.254 e. The Labute approximate surface area is 134 Å². The van der Waals surface area contributed by atoms with E-state index in [0.29, 0.717) is 29.9 Å². The summed E-state index contributed by atoms with van der Waals surface area (Å²) in [7, 11) is 1.80. The Morgan fingerprint density at radius 3 is 2.77 bits per heavy atom. The molecule has 0 fully saturated rings. The van der Waals surface area contributed by atoms with E-state index in [0.717, 1.165) is 4.88 Å². The number of carbonyl (C=O) groups excluding carboxylic acids is 1. The third kappa shape index (κ3) is 3.62. The summed E-state index contributed by atoms with van der Waals surface area (Å²) < 4.78 is 0. The summed E-state index contributed by atoms with van der Waals surface area (Å²) in [6.45, 7) is 5.56. The quantitative estimate of drug-likeness (QED) is 0.921. The van der Waals surface area contributed by atoms with E-state index in [1.807, 2.05) is 24.4 Å². The number of carbonyl (C=O) groups is 1. The van der Waals surface area contributed by atoms with Crippen LogP contribution in [0.2, 0.25) is 0 Å². The van der Waals surface area contributed by atoms with Crippen LogP contribution in [-0.2, 0) is 11.2 Å². The number of nitrogens with one attached hydrogen (secondary N) is 1. The van der Waals surface area contributed by atoms with Crippen LogP contribution in [0.5, 0.6) is 0 Å². The van der Waals surface area contributed by atoms with Gasteiger partial charge in [0.25, 0.3) is 5.56 Å². The maximum absolute atomic E-state index is 12.3. The van der Waals surface area contributed by atoms with Gasteiger partial charge in [-0.25, -0.2) is 4.98 Å². The first-order valence-electron chi connectivity index (χ1n) is 7.25. The largest absolute Gasteiger partial charge is 0.338 e. The molecule has 22 heavy (non-hydrogen) atoms. The zero-order chi connectivity index (χ0) is 16.3. The minimum absolute atomic E-state index is 0.0280. The summed E-state index contributed by atoms with van der Waals surface area (Å²) >= 11 is 1.64. The van der Waals surface area contributed by atoms with Gasteiger partial charge in [-0.1, -0.05) is 6.07 Å². The van der Waals surface area contributed by atoms with Gasteiger partial charge in [-0.3, -0.25) is 9.59 Å². The molecule has 2 rings (SSSR count). The van der Waals surface area contributed by atoms with Gasteiger partial charge < -0.3 is 9.88 Å². The van der Waals surface area contributed by atoms with Gasteiger partial charge in [-0.15, -0.1) is 11.3 Å². The molecule has 6 heteroatoms. The van der Waals surface area contributed by atoms with Crippen molar-refractivity contribution in [3.63, 3.8) is 0 Å². The van der Waals surface area contributed by atoms with E-state index in [-0.39, 0.29) is 17.5 Å². The molecule has 0 spiro atoms. The van der Waals surface area contributed by atoms with Gasteiger partial charge in [-0.05, 0) is 38.6 Å². The number of amides is 1. The summed E-state index contributed by atoms with van der Waals surface area (Å²) in [4.78, 5) is 34.1. The van der Waals surface area contributed by atoms with E-state index in [2.05, 4.69) is 9.97 Å². The molecule has 5 nitrogen and oxygen atoms in total. The maximum atomic E-state index is 12.3. The van der Waals surface area contributed by atoms with E-state index in [4.69, 9.17) is 0 Å². The Balaban J connectivity index is 2.03. The predicted octanol–water partition coefficient (Wildman–Crippen LogP) is 2.60. The van der Waals surface area contributed by atoms with Crippen LogP contribution in [0.3, 0.4) is 0 Å². The summed E-state index contributed by atoms with van der Waals surface area (Å²) in [5, 5.41) is 2.00. The Bertz CT molecular complexity index is 707. The number of H-pyrrole nitrogens is 1. The minimum Gasteiger partial charge on any atom is -0.338 e. The van der Waals surface area contributed by atoms with Crippen LogP contribution in [0, 0.1) is 13.8 Å². The second-order valence-electron chi connectivity index (χ2n) is 5.41. The van der Waals surface area contributed by atoms with Crippen molar-refractivity contribution < 1.29 is 4.79 Å². The van der Waals surface area contributed by atoms with Crippen LogP contribution in [0.4, 0.5) is 0 Å². The molecule has 0 saturated heterocycles. The Morgan fingerprint density at radius 2 is 2.18 bits per heavy atom. The number of hydrogen-bond acceptors (Lipinski definition) is 4. The fourth-order valence-electron chi connectivity index (χ4n) is 2.39. The number of rotatable bonds is 5. The SMILES string of the molecule is Cc1nc(C)c(CCC(=O)N(C)[C@H](C)c2cccs2)c(=O)[nH]1. The fourth-order valence-corrected chi connectivity index (χ4v) is 3.22. The standard InChI is InChI=1S/C16H21N3O2S/c1-10-13(16(21)18-12(3)17-10)7-8-15(20)19(4)11(2)14-6-5-9-22-14/h5-6,9,11H,7-8H2,1-4H3,(H,17,18,21)/t11-/m1/s1. The summed E-state index contributed by atoms with van der Waals surface area (Å²) in [6.07, 6.45) is 0.718. The lowest BCUT2D eigenvalue weighted by Gasteiger charge is -2.24. The monoisotopic (exact) mass is 319 g/mol. The number of aromatic amines is 1. The summed E-state index contributed by atoms with van der Waals surface area (Å²) in [5.41, 5.74) is 1.14. The Hall–Kier alpha value is -1.95. The third-order valence-corrected chi connectivity index (χ3v) is 4.90. The van der Waals surface area contributed by atoms with Gasteiger partial charge >= 0.3 is 0 Å². The van der Waals surface area contributed by atoms with E-state index >= 15 is 0 Å². The van der Waals surface area contributed by atoms with Gasteiger partial charge in [0.15, 0.2) is 0 Å². The molecule has 0 aliphatic heterocycles. The molecule has 1 N–H and O–H groups in total. The van der Waals surface area contributed by atoms with Crippen LogP contribution in [0.1, 0.15) is 41.3 Å². The van der Waals surface area contributed by atoms with E-state index in [9.17, 15) is 9.59 Å². The van der Waals surface area contributed by atoms with Crippen LogP contribution in [0.15, 0.2) is 22.3 Å². The molecule has 2 aromatic heterocycles. The van der Waals surface area contributed by atoms with Crippen molar-refractivity contribution in [3.05, 3.63) is 49.8 Å². The molecule has 0 bridgehead atoms. The molecule has 0 saturated carbocycles. The molecular formula is C16H21N3O2S. The Morgan fingerprint density at radius 1 is 1.45 bits per heavy atom. The smallest absolute Gasteiger partial charge is 0.254 e. The van der Waals surface area contributed by atoms with E-state index in [1.165, 1.54) is 0 Å². The van der Waals surface area contributed by atoms with E-state index < -0.39 is 0 Å². The second kappa shape index (κ2) is 6.87. The lowest BCUT2D eigenvalue weighted by molar-refractivity contribution is -0.131. The zero-order valence-corrected chi connectivity index (χ0v) is 14.2. The molecule has 0 radical (unpaired) electrons. The molecule has 118 valence electrons. The molecular weight excluding hydrogens is 298 g/mol. The number of aryl methyl sites for hydroxylation is 2. The minimum atomic E-state index is -0.147. The number of thiophene rings is 1. The average molecular weight is 319 g/mol. The van der Waals surface area contributed by atoms with Crippen molar-refractivity contribution >= 4 is 17.2 Å². The highest BCUT2D eigenvalue weighted by molar-refractivity contribution is 7.10. The summed E-state index contributed by atoms with van der Waals surface area (Å²) in [5.74, 6) is 0.626. The van der Waals surface area contributed by atoms with Crippen molar-refractivity contribution in [1.82, 2.24) is 14.9 Å². The first kappa shape index (κ1) is 16.4. The normalized spacial score (nSPS) is 12.2. The average Bonchev–Trinajstić information content (AvgIpc) is 2.98. The zero-order valence-electron chi connectivity index (χ0n) is 13.3. The fraction of sp³-hybridized carbons (Fsp3) is 0.438. The molecule has 0 aliphatic rings. The highest BCUT2D eigenvalue weighted by Crippen LogP contribution is 2.24. The lowest BCUT2D eigenvalue weighted by Crippen LogP contribution is -2.30. The molecule has 0 unspecified atom stereocenters. The second-order valence-corrected chi connectivity index (χ2v) is 6.39. The predicted molar refractivity (Wildman–Crippen MR) is 88.2 cm³/mol. The number of hydrogen-bond donors (Lipinski definition) is 1. The number of aromatic nitrogens is 2. The molecule has 1 amide bonds. The van der Waals surface area contributed by atoms with Gasteiger partial charge in [0.2, 0.25) is 5.91 Å². The van der Waals surface area contributed by atoms with Crippen molar-refractivity contribution in [2.45, 2.75) is 39.7 Å². The van der Waals surface area contributed by atoms with Gasteiger partial charge in [0.05, 0.1) is 6.04 Å². The van der Waals surface area contributed by atoms with Gasteiger partial charge in [0, 0.05) is 29.6 Å². The van der Waals surface area contributed by atoms with Crippen LogP contribution >= 0.6 is 11.3 Å².